The monoisotopic (exact) mass is 286 g/mol. The van der Waals surface area contributed by atoms with Crippen LogP contribution < -0.4 is 5.32 Å². The van der Waals surface area contributed by atoms with Crippen molar-refractivity contribution in [3.63, 3.8) is 0 Å². The van der Waals surface area contributed by atoms with E-state index < -0.39 is 0 Å². The second-order valence-corrected chi connectivity index (χ2v) is 4.90. The highest BCUT2D eigenvalue weighted by Gasteiger charge is 2.16. The lowest BCUT2D eigenvalue weighted by atomic mass is 10.3. The average molecular weight is 286 g/mol. The summed E-state index contributed by atoms with van der Waals surface area (Å²) in [5, 5.41) is 8.39. The Morgan fingerprint density at radius 2 is 2.25 bits per heavy atom. The van der Waals surface area contributed by atoms with Crippen molar-refractivity contribution in [2.75, 3.05) is 5.32 Å². The molecule has 0 unspecified atom stereocenters. The molecule has 3 rings (SSSR count). The summed E-state index contributed by atoms with van der Waals surface area (Å²) in [5.74, 6) is 0.672. The van der Waals surface area contributed by atoms with Crippen molar-refractivity contribution in [3.8, 4) is 10.8 Å². The number of anilines is 1. The van der Waals surface area contributed by atoms with Gasteiger partial charge in [-0.2, -0.15) is 4.98 Å². The van der Waals surface area contributed by atoms with Gasteiger partial charge in [0.1, 0.15) is 10.6 Å². The maximum atomic E-state index is 12.1. The molecule has 0 saturated heterocycles. The van der Waals surface area contributed by atoms with Gasteiger partial charge in [-0.15, -0.1) is 11.3 Å². The van der Waals surface area contributed by atoms with E-state index in [-0.39, 0.29) is 5.91 Å². The summed E-state index contributed by atoms with van der Waals surface area (Å²) in [6, 6.07) is 6.96. The first-order valence-corrected chi connectivity index (χ1v) is 6.72. The molecule has 3 aromatic rings. The van der Waals surface area contributed by atoms with Crippen LogP contribution in [0.1, 0.15) is 16.3 Å². The molecule has 20 heavy (non-hydrogen) atoms. The highest BCUT2D eigenvalue weighted by Crippen LogP contribution is 2.32. The Morgan fingerprint density at radius 1 is 1.35 bits per heavy atom. The molecule has 100 valence electrons. The van der Waals surface area contributed by atoms with E-state index in [1.807, 2.05) is 5.38 Å². The molecule has 0 aliphatic heterocycles. The third kappa shape index (κ3) is 2.43. The molecule has 6 nitrogen and oxygen atoms in total. The zero-order valence-corrected chi connectivity index (χ0v) is 11.3. The number of thiophene rings is 1. The van der Waals surface area contributed by atoms with Gasteiger partial charge in [-0.3, -0.25) is 9.78 Å². The molecular formula is C13H10N4O2S. The zero-order chi connectivity index (χ0) is 13.9. The van der Waals surface area contributed by atoms with Crippen molar-refractivity contribution in [2.45, 2.75) is 6.92 Å². The molecule has 0 saturated carbocycles. The van der Waals surface area contributed by atoms with Gasteiger partial charge in [0.2, 0.25) is 0 Å². The molecule has 7 heteroatoms. The smallest absolute Gasteiger partial charge is 0.274 e. The second-order valence-electron chi connectivity index (χ2n) is 3.98. The number of rotatable bonds is 3. The lowest BCUT2D eigenvalue weighted by molar-refractivity contribution is 0.102. The fourth-order valence-corrected chi connectivity index (χ4v) is 2.42. The topological polar surface area (TPSA) is 80.9 Å². The van der Waals surface area contributed by atoms with Crippen LogP contribution in [0.3, 0.4) is 0 Å². The van der Waals surface area contributed by atoms with Crippen molar-refractivity contribution < 1.29 is 9.32 Å². The number of hydrogen-bond acceptors (Lipinski definition) is 6. The summed E-state index contributed by atoms with van der Waals surface area (Å²) >= 11 is 1.42. The van der Waals surface area contributed by atoms with Crippen LogP contribution >= 0.6 is 11.3 Å². The zero-order valence-electron chi connectivity index (χ0n) is 10.5. The normalized spacial score (nSPS) is 10.4. The Labute approximate surface area is 118 Å². The first-order valence-electron chi connectivity index (χ1n) is 5.84. The van der Waals surface area contributed by atoms with Crippen molar-refractivity contribution >= 4 is 22.9 Å². The highest BCUT2D eigenvalue weighted by atomic mass is 32.1. The van der Waals surface area contributed by atoms with Crippen LogP contribution in [0.2, 0.25) is 0 Å². The number of hydrogen-bond donors (Lipinski definition) is 1. The molecule has 1 amide bonds. The number of amides is 1. The summed E-state index contributed by atoms with van der Waals surface area (Å²) in [6.45, 7) is 1.74. The van der Waals surface area contributed by atoms with E-state index in [9.17, 15) is 4.79 Å². The van der Waals surface area contributed by atoms with Crippen molar-refractivity contribution in [1.29, 1.82) is 0 Å². The first-order chi connectivity index (χ1) is 9.74. The summed E-state index contributed by atoms with van der Waals surface area (Å²) in [7, 11) is 0. The quantitative estimate of drug-likeness (QED) is 0.800. The van der Waals surface area contributed by atoms with Crippen LogP contribution in [0.5, 0.6) is 0 Å². The fourth-order valence-electron chi connectivity index (χ4n) is 1.65. The summed E-state index contributed by atoms with van der Waals surface area (Å²) in [5.41, 5.74) is 0.987. The van der Waals surface area contributed by atoms with Crippen LogP contribution in [-0.4, -0.2) is 21.0 Å². The Bertz CT molecular complexity index is 736. The van der Waals surface area contributed by atoms with E-state index in [0.717, 1.165) is 4.88 Å². The SMILES string of the molecule is Cc1noc(-c2sccc2NC(=O)c2ccccn2)n1. The molecular weight excluding hydrogens is 276 g/mol. The van der Waals surface area contributed by atoms with Crippen LogP contribution in [0, 0.1) is 6.92 Å². The Hall–Kier alpha value is -2.54. The van der Waals surface area contributed by atoms with Crippen LogP contribution in [0.25, 0.3) is 10.8 Å². The number of aryl methyl sites for hydroxylation is 1. The fraction of sp³-hybridized carbons (Fsp3) is 0.0769. The molecule has 3 heterocycles. The van der Waals surface area contributed by atoms with Crippen LogP contribution in [0.4, 0.5) is 5.69 Å². The minimum atomic E-state index is -0.276. The van der Waals surface area contributed by atoms with E-state index in [4.69, 9.17) is 4.52 Å². The molecule has 0 atom stereocenters. The molecule has 1 N–H and O–H groups in total. The molecule has 0 aliphatic rings. The van der Waals surface area contributed by atoms with Gasteiger partial charge in [-0.25, -0.2) is 0 Å². The van der Waals surface area contributed by atoms with E-state index in [1.54, 1.807) is 37.4 Å². The third-order valence-corrected chi connectivity index (χ3v) is 3.44. The van der Waals surface area contributed by atoms with Crippen molar-refractivity contribution in [2.24, 2.45) is 0 Å². The standard InChI is InChI=1S/C13H10N4O2S/c1-8-15-13(19-17-8)11-9(5-7-20-11)16-12(18)10-4-2-3-6-14-10/h2-7H,1H3,(H,16,18). The predicted molar refractivity (Wildman–Crippen MR) is 74.5 cm³/mol. The lowest BCUT2D eigenvalue weighted by Gasteiger charge is -2.03. The highest BCUT2D eigenvalue weighted by molar-refractivity contribution is 7.14. The Balaban J connectivity index is 1.86. The van der Waals surface area contributed by atoms with Gasteiger partial charge in [0.15, 0.2) is 5.82 Å². The number of pyridine rings is 1. The summed E-state index contributed by atoms with van der Waals surface area (Å²) in [6.07, 6.45) is 1.57. The van der Waals surface area contributed by atoms with Crippen molar-refractivity contribution in [3.05, 3.63) is 47.4 Å². The number of carbonyl (C=O) groups is 1. The van der Waals surface area contributed by atoms with E-state index in [0.29, 0.717) is 23.1 Å². The van der Waals surface area contributed by atoms with E-state index >= 15 is 0 Å². The van der Waals surface area contributed by atoms with Gasteiger partial charge in [0.25, 0.3) is 11.8 Å². The second kappa shape index (κ2) is 5.22. The minimum Gasteiger partial charge on any atom is -0.333 e. The van der Waals surface area contributed by atoms with Gasteiger partial charge in [0, 0.05) is 6.20 Å². The molecule has 3 aromatic heterocycles. The maximum absolute atomic E-state index is 12.1. The molecule has 0 bridgehead atoms. The average Bonchev–Trinajstić information content (AvgIpc) is 3.08. The lowest BCUT2D eigenvalue weighted by Crippen LogP contribution is -2.13. The maximum Gasteiger partial charge on any atom is 0.274 e. The predicted octanol–water partition coefficient (Wildman–Crippen LogP) is 2.75. The number of aromatic nitrogens is 3. The summed E-state index contributed by atoms with van der Waals surface area (Å²) in [4.78, 5) is 21.0. The molecule has 0 spiro atoms. The van der Waals surface area contributed by atoms with Crippen molar-refractivity contribution in [1.82, 2.24) is 15.1 Å². The third-order valence-electron chi connectivity index (χ3n) is 2.53. The molecule has 0 aromatic carbocycles. The Morgan fingerprint density at radius 3 is 2.95 bits per heavy atom. The number of nitrogens with one attached hydrogen (secondary N) is 1. The summed E-state index contributed by atoms with van der Waals surface area (Å²) < 4.78 is 5.12. The van der Waals surface area contributed by atoms with Gasteiger partial charge in [-0.05, 0) is 30.5 Å². The van der Waals surface area contributed by atoms with E-state index in [2.05, 4.69) is 20.4 Å². The van der Waals surface area contributed by atoms with Gasteiger partial charge >= 0.3 is 0 Å². The largest absolute Gasteiger partial charge is 0.333 e. The molecule has 0 fully saturated rings. The van der Waals surface area contributed by atoms with Crippen LogP contribution in [0.15, 0.2) is 40.4 Å². The van der Waals surface area contributed by atoms with Gasteiger partial charge in [-0.1, -0.05) is 11.2 Å². The Kier molecular flexibility index (Phi) is 3.26. The van der Waals surface area contributed by atoms with Gasteiger partial charge in [0.05, 0.1) is 5.69 Å². The molecule has 0 radical (unpaired) electrons. The first kappa shape index (κ1) is 12.5. The number of nitrogens with zero attached hydrogens (tertiary/aromatic N) is 3. The van der Waals surface area contributed by atoms with E-state index in [1.165, 1.54) is 11.3 Å². The minimum absolute atomic E-state index is 0.276. The number of carbonyl (C=O) groups excluding carboxylic acids is 1. The van der Waals surface area contributed by atoms with Crippen LogP contribution in [-0.2, 0) is 0 Å². The van der Waals surface area contributed by atoms with Gasteiger partial charge < -0.3 is 9.84 Å². The molecule has 0 aliphatic carbocycles.